The summed E-state index contributed by atoms with van der Waals surface area (Å²) in [6.07, 6.45) is 0.266. The molecule has 35 heavy (non-hydrogen) atoms. The predicted molar refractivity (Wildman–Crippen MR) is 141 cm³/mol. The lowest BCUT2D eigenvalue weighted by molar-refractivity contribution is -0.115. The number of hydrogen-bond donors (Lipinski definition) is 3. The number of H-pyrrole nitrogens is 1. The van der Waals surface area contributed by atoms with Gasteiger partial charge in [0, 0.05) is 29.0 Å². The number of nitrogens with two attached hydrogens (primary N) is 1. The van der Waals surface area contributed by atoms with E-state index in [0.717, 1.165) is 27.7 Å². The molecule has 0 atom stereocenters. The lowest BCUT2D eigenvalue weighted by atomic mass is 10.0. The summed E-state index contributed by atoms with van der Waals surface area (Å²) in [5, 5.41) is 8.61. The average Bonchev–Trinajstić information content (AvgIpc) is 3.24. The van der Waals surface area contributed by atoms with E-state index in [0.29, 0.717) is 11.4 Å². The van der Waals surface area contributed by atoms with E-state index in [1.54, 1.807) is 0 Å². The largest absolute Gasteiger partial charge is 0.332 e. The second-order valence-electron chi connectivity index (χ2n) is 8.21. The number of benzene rings is 3. The molecule has 0 saturated carbocycles. The molecular weight excluding hydrogens is 480 g/mol. The maximum atomic E-state index is 12.4. The fraction of sp³-hybridized carbons (Fsp3) is 0.154. The molecule has 180 valence electrons. The number of carbonyl (C=O) groups excluding carboxylic acids is 1. The van der Waals surface area contributed by atoms with Crippen LogP contribution in [-0.2, 0) is 14.8 Å². The minimum absolute atomic E-state index is 0.00219. The standard InChI is InChI=1S/C26H26N4O3S2/c1-17-3-7-19(8-4-17)24-25(20-9-5-18(2)6-10-20)30-26(29-24)34-16-15-23(31)28-21-11-13-22(14-12-21)35(27,32)33/h3-14H,15-16H2,1-2H3,(H,28,31)(H,29,30)(H2,27,32,33). The number of aryl methyl sites for hydroxylation is 2. The summed E-state index contributed by atoms with van der Waals surface area (Å²) in [4.78, 5) is 20.6. The quantitative estimate of drug-likeness (QED) is 0.286. The summed E-state index contributed by atoms with van der Waals surface area (Å²) < 4.78 is 22.7. The number of rotatable bonds is 8. The Bertz CT molecular complexity index is 1360. The van der Waals surface area contributed by atoms with E-state index in [1.165, 1.54) is 47.2 Å². The van der Waals surface area contributed by atoms with E-state index in [-0.39, 0.29) is 17.2 Å². The molecule has 0 spiro atoms. The molecule has 0 unspecified atom stereocenters. The molecular formula is C26H26N4O3S2. The van der Waals surface area contributed by atoms with Crippen molar-refractivity contribution < 1.29 is 13.2 Å². The highest BCUT2D eigenvalue weighted by molar-refractivity contribution is 7.99. The molecule has 0 aliphatic carbocycles. The molecule has 9 heteroatoms. The zero-order valence-electron chi connectivity index (χ0n) is 19.4. The Morgan fingerprint density at radius 1 is 0.914 bits per heavy atom. The number of thioether (sulfide) groups is 1. The number of aromatic nitrogens is 2. The monoisotopic (exact) mass is 506 g/mol. The van der Waals surface area contributed by atoms with Gasteiger partial charge in [0.2, 0.25) is 15.9 Å². The van der Waals surface area contributed by atoms with Crippen LogP contribution in [0.3, 0.4) is 0 Å². The first-order valence-electron chi connectivity index (χ1n) is 11.0. The van der Waals surface area contributed by atoms with E-state index in [2.05, 4.69) is 72.7 Å². The molecule has 0 aliphatic rings. The number of carbonyl (C=O) groups is 1. The SMILES string of the molecule is Cc1ccc(-c2nc(SCCC(=O)Nc3ccc(S(N)(=O)=O)cc3)[nH]c2-c2ccc(C)cc2)cc1. The summed E-state index contributed by atoms with van der Waals surface area (Å²) in [7, 11) is -3.77. The van der Waals surface area contributed by atoms with Crippen LogP contribution in [-0.4, -0.2) is 30.0 Å². The Morgan fingerprint density at radius 2 is 1.49 bits per heavy atom. The Morgan fingerprint density at radius 3 is 2.06 bits per heavy atom. The summed E-state index contributed by atoms with van der Waals surface area (Å²) in [6.45, 7) is 4.11. The van der Waals surface area contributed by atoms with Crippen LogP contribution >= 0.6 is 11.8 Å². The van der Waals surface area contributed by atoms with E-state index >= 15 is 0 Å². The summed E-state index contributed by atoms with van der Waals surface area (Å²) >= 11 is 1.47. The molecule has 0 aliphatic heterocycles. The van der Waals surface area contributed by atoms with Gasteiger partial charge in [-0.2, -0.15) is 0 Å². The van der Waals surface area contributed by atoms with E-state index < -0.39 is 10.0 Å². The van der Waals surface area contributed by atoms with Gasteiger partial charge in [0.25, 0.3) is 0 Å². The van der Waals surface area contributed by atoms with Gasteiger partial charge >= 0.3 is 0 Å². The minimum atomic E-state index is -3.77. The number of sulfonamides is 1. The number of amides is 1. The van der Waals surface area contributed by atoms with Gasteiger partial charge in [-0.15, -0.1) is 0 Å². The van der Waals surface area contributed by atoms with Gasteiger partial charge in [-0.3, -0.25) is 4.79 Å². The van der Waals surface area contributed by atoms with Crippen molar-refractivity contribution >= 4 is 33.4 Å². The average molecular weight is 507 g/mol. The highest BCUT2D eigenvalue weighted by atomic mass is 32.2. The summed E-state index contributed by atoms with van der Waals surface area (Å²) in [5.74, 6) is 0.347. The number of nitrogens with zero attached hydrogens (tertiary/aromatic N) is 1. The zero-order chi connectivity index (χ0) is 25.0. The maximum Gasteiger partial charge on any atom is 0.238 e. The lowest BCUT2D eigenvalue weighted by Crippen LogP contribution is -2.14. The van der Waals surface area contributed by atoms with Crippen LogP contribution in [0.25, 0.3) is 22.5 Å². The molecule has 0 radical (unpaired) electrons. The van der Waals surface area contributed by atoms with Gasteiger partial charge in [-0.1, -0.05) is 71.4 Å². The maximum absolute atomic E-state index is 12.4. The first-order chi connectivity index (χ1) is 16.7. The van der Waals surface area contributed by atoms with Gasteiger partial charge in [-0.05, 0) is 38.1 Å². The van der Waals surface area contributed by atoms with E-state index in [4.69, 9.17) is 10.1 Å². The minimum Gasteiger partial charge on any atom is -0.332 e. The summed E-state index contributed by atoms with van der Waals surface area (Å²) in [5.41, 5.74) is 6.76. The number of hydrogen-bond acceptors (Lipinski definition) is 5. The molecule has 0 fully saturated rings. The number of imidazole rings is 1. The number of primary sulfonamides is 1. The fourth-order valence-electron chi connectivity index (χ4n) is 3.46. The Labute approximate surface area is 209 Å². The van der Waals surface area contributed by atoms with Crippen LogP contribution in [0.5, 0.6) is 0 Å². The molecule has 1 amide bonds. The molecule has 0 bridgehead atoms. The van der Waals surface area contributed by atoms with Crippen LogP contribution < -0.4 is 10.5 Å². The third kappa shape index (κ3) is 6.39. The van der Waals surface area contributed by atoms with Crippen LogP contribution in [0.1, 0.15) is 17.5 Å². The first kappa shape index (κ1) is 24.7. The second-order valence-corrected chi connectivity index (χ2v) is 10.9. The Kier molecular flexibility index (Phi) is 7.39. The van der Waals surface area contributed by atoms with Crippen LogP contribution in [0.2, 0.25) is 0 Å². The van der Waals surface area contributed by atoms with Crippen molar-refractivity contribution in [1.29, 1.82) is 0 Å². The number of anilines is 1. The lowest BCUT2D eigenvalue weighted by Gasteiger charge is -2.05. The van der Waals surface area contributed by atoms with Crippen LogP contribution in [0, 0.1) is 13.8 Å². The predicted octanol–water partition coefficient (Wildman–Crippen LogP) is 5.13. The third-order valence-corrected chi connectivity index (χ3v) is 7.19. The van der Waals surface area contributed by atoms with Gasteiger partial charge in [-0.25, -0.2) is 18.5 Å². The topological polar surface area (TPSA) is 118 Å². The number of nitrogens with one attached hydrogen (secondary N) is 2. The highest BCUT2D eigenvalue weighted by Crippen LogP contribution is 2.33. The molecule has 1 aromatic heterocycles. The van der Waals surface area contributed by atoms with Crippen molar-refractivity contribution in [2.75, 3.05) is 11.1 Å². The van der Waals surface area contributed by atoms with Crippen LogP contribution in [0.4, 0.5) is 5.69 Å². The molecule has 4 aromatic rings. The molecule has 0 saturated heterocycles. The smallest absolute Gasteiger partial charge is 0.238 e. The first-order valence-corrected chi connectivity index (χ1v) is 13.5. The zero-order valence-corrected chi connectivity index (χ0v) is 21.0. The molecule has 4 rings (SSSR count). The van der Waals surface area contributed by atoms with Gasteiger partial charge < -0.3 is 10.3 Å². The van der Waals surface area contributed by atoms with Crippen molar-refractivity contribution in [3.8, 4) is 22.5 Å². The number of aromatic amines is 1. The fourth-order valence-corrected chi connectivity index (χ4v) is 4.79. The third-order valence-electron chi connectivity index (χ3n) is 5.38. The normalized spacial score (nSPS) is 11.4. The second kappa shape index (κ2) is 10.5. The Balaban J connectivity index is 1.44. The van der Waals surface area contributed by atoms with Gasteiger partial charge in [0.05, 0.1) is 16.3 Å². The van der Waals surface area contributed by atoms with E-state index in [9.17, 15) is 13.2 Å². The summed E-state index contributed by atoms with van der Waals surface area (Å²) in [6, 6.07) is 22.3. The van der Waals surface area contributed by atoms with Crippen molar-refractivity contribution in [3.63, 3.8) is 0 Å². The van der Waals surface area contributed by atoms with Gasteiger partial charge in [0.1, 0.15) is 0 Å². The molecule has 4 N–H and O–H groups in total. The molecule has 1 heterocycles. The Hall–Kier alpha value is -3.40. The highest BCUT2D eigenvalue weighted by Gasteiger charge is 2.15. The van der Waals surface area contributed by atoms with Gasteiger partial charge in [0.15, 0.2) is 5.16 Å². The van der Waals surface area contributed by atoms with Crippen molar-refractivity contribution in [1.82, 2.24) is 9.97 Å². The molecule has 7 nitrogen and oxygen atoms in total. The molecule has 3 aromatic carbocycles. The van der Waals surface area contributed by atoms with Crippen LogP contribution in [0.15, 0.2) is 82.8 Å². The van der Waals surface area contributed by atoms with Crippen molar-refractivity contribution in [2.45, 2.75) is 30.3 Å². The van der Waals surface area contributed by atoms with Crippen molar-refractivity contribution in [3.05, 3.63) is 83.9 Å². The van der Waals surface area contributed by atoms with E-state index in [1.807, 2.05) is 0 Å². The van der Waals surface area contributed by atoms with Crippen molar-refractivity contribution in [2.24, 2.45) is 5.14 Å².